The molecule has 0 atom stereocenters. The molecule has 6 nitrogen and oxygen atoms in total. The predicted molar refractivity (Wildman–Crippen MR) is 103 cm³/mol. The van der Waals surface area contributed by atoms with Crippen LogP contribution in [0.2, 0.25) is 0 Å². The zero-order valence-corrected chi connectivity index (χ0v) is 14.6. The van der Waals surface area contributed by atoms with Gasteiger partial charge in [0.1, 0.15) is 5.69 Å². The summed E-state index contributed by atoms with van der Waals surface area (Å²) in [5, 5.41) is 5.46. The Morgan fingerprint density at radius 2 is 1.37 bits per heavy atom. The molecule has 2 aromatic carbocycles. The average Bonchev–Trinajstić information content (AvgIpc) is 2.69. The SMILES string of the molecule is CC(=O)c1ccc(NC(=O)c2cc(C(=O)Nc3ccccc3)ccn2)cc1. The number of Topliss-reactive ketones (excluding diaryl/α,β-unsaturated/α-hetero) is 1. The van der Waals surface area contributed by atoms with Crippen LogP contribution in [0.25, 0.3) is 0 Å². The Labute approximate surface area is 156 Å². The van der Waals surface area contributed by atoms with E-state index in [0.29, 0.717) is 22.5 Å². The zero-order chi connectivity index (χ0) is 19.2. The number of anilines is 2. The maximum Gasteiger partial charge on any atom is 0.274 e. The highest BCUT2D eigenvalue weighted by Gasteiger charge is 2.12. The lowest BCUT2D eigenvalue weighted by atomic mass is 10.1. The first-order valence-electron chi connectivity index (χ1n) is 8.28. The van der Waals surface area contributed by atoms with Crippen LogP contribution >= 0.6 is 0 Å². The topological polar surface area (TPSA) is 88.2 Å². The van der Waals surface area contributed by atoms with Crippen molar-refractivity contribution in [3.05, 3.63) is 89.7 Å². The Morgan fingerprint density at radius 3 is 2.04 bits per heavy atom. The largest absolute Gasteiger partial charge is 0.322 e. The van der Waals surface area contributed by atoms with Crippen LogP contribution in [0.3, 0.4) is 0 Å². The predicted octanol–water partition coefficient (Wildman–Crippen LogP) is 3.79. The molecule has 0 saturated carbocycles. The molecule has 3 rings (SSSR count). The van der Waals surface area contributed by atoms with Gasteiger partial charge in [0, 0.05) is 28.7 Å². The first kappa shape index (κ1) is 18.0. The van der Waals surface area contributed by atoms with Crippen LogP contribution in [0.4, 0.5) is 11.4 Å². The highest BCUT2D eigenvalue weighted by Crippen LogP contribution is 2.13. The van der Waals surface area contributed by atoms with Gasteiger partial charge in [-0.25, -0.2) is 0 Å². The number of pyridine rings is 1. The fraction of sp³-hybridized carbons (Fsp3) is 0.0476. The van der Waals surface area contributed by atoms with Gasteiger partial charge in [-0.1, -0.05) is 18.2 Å². The lowest BCUT2D eigenvalue weighted by Gasteiger charge is -2.08. The summed E-state index contributed by atoms with van der Waals surface area (Å²) in [7, 11) is 0. The van der Waals surface area contributed by atoms with E-state index in [-0.39, 0.29) is 17.4 Å². The van der Waals surface area contributed by atoms with Gasteiger partial charge in [0.2, 0.25) is 0 Å². The van der Waals surface area contributed by atoms with Crippen LogP contribution in [0.15, 0.2) is 72.9 Å². The minimum atomic E-state index is -0.445. The lowest BCUT2D eigenvalue weighted by molar-refractivity contribution is 0.101. The summed E-state index contributed by atoms with van der Waals surface area (Å²) in [5.74, 6) is -0.824. The molecule has 3 aromatic rings. The van der Waals surface area contributed by atoms with Crippen molar-refractivity contribution in [1.29, 1.82) is 0 Å². The first-order valence-corrected chi connectivity index (χ1v) is 8.28. The molecule has 0 fully saturated rings. The number of nitrogens with one attached hydrogen (secondary N) is 2. The number of aromatic nitrogens is 1. The molecule has 1 aromatic heterocycles. The summed E-state index contributed by atoms with van der Waals surface area (Å²) in [5.41, 5.74) is 2.20. The molecule has 0 aliphatic carbocycles. The maximum absolute atomic E-state index is 12.4. The van der Waals surface area contributed by atoms with Crippen LogP contribution in [-0.2, 0) is 0 Å². The van der Waals surface area contributed by atoms with E-state index in [1.165, 1.54) is 25.3 Å². The third kappa shape index (κ3) is 4.64. The zero-order valence-electron chi connectivity index (χ0n) is 14.6. The summed E-state index contributed by atoms with van der Waals surface area (Å²) in [6.45, 7) is 1.48. The van der Waals surface area contributed by atoms with E-state index in [4.69, 9.17) is 0 Å². The molecule has 134 valence electrons. The molecule has 27 heavy (non-hydrogen) atoms. The van der Waals surface area contributed by atoms with Crippen molar-refractivity contribution in [3.8, 4) is 0 Å². The Balaban J connectivity index is 1.71. The number of amides is 2. The van der Waals surface area contributed by atoms with Crippen LogP contribution in [0.5, 0.6) is 0 Å². The minimum absolute atomic E-state index is 0.0494. The van der Waals surface area contributed by atoms with Gasteiger partial charge in [-0.3, -0.25) is 19.4 Å². The van der Waals surface area contributed by atoms with Gasteiger partial charge < -0.3 is 10.6 Å². The number of ketones is 1. The fourth-order valence-corrected chi connectivity index (χ4v) is 2.40. The summed E-state index contributed by atoms with van der Waals surface area (Å²) < 4.78 is 0. The fourth-order valence-electron chi connectivity index (χ4n) is 2.40. The first-order chi connectivity index (χ1) is 13.0. The number of benzene rings is 2. The third-order valence-corrected chi connectivity index (χ3v) is 3.84. The Morgan fingerprint density at radius 1 is 0.741 bits per heavy atom. The van der Waals surface area contributed by atoms with E-state index in [9.17, 15) is 14.4 Å². The number of para-hydroxylation sites is 1. The smallest absolute Gasteiger partial charge is 0.274 e. The van der Waals surface area contributed by atoms with Gasteiger partial charge in [-0.2, -0.15) is 0 Å². The molecule has 0 saturated heterocycles. The van der Waals surface area contributed by atoms with Crippen molar-refractivity contribution in [1.82, 2.24) is 4.98 Å². The normalized spacial score (nSPS) is 10.1. The second kappa shape index (κ2) is 8.05. The molecule has 0 aliphatic rings. The van der Waals surface area contributed by atoms with Gasteiger partial charge >= 0.3 is 0 Å². The van der Waals surface area contributed by atoms with Crippen LogP contribution in [0.1, 0.15) is 38.1 Å². The van der Waals surface area contributed by atoms with Crippen LogP contribution in [0, 0.1) is 0 Å². The number of rotatable bonds is 5. The molecule has 0 bridgehead atoms. The quantitative estimate of drug-likeness (QED) is 0.679. The van der Waals surface area contributed by atoms with Crippen molar-refractivity contribution in [3.63, 3.8) is 0 Å². The van der Waals surface area contributed by atoms with E-state index in [2.05, 4.69) is 15.6 Å². The minimum Gasteiger partial charge on any atom is -0.322 e. The summed E-state index contributed by atoms with van der Waals surface area (Å²) in [6, 6.07) is 18.6. The molecular formula is C21H17N3O3. The number of nitrogens with zero attached hydrogens (tertiary/aromatic N) is 1. The summed E-state index contributed by atoms with van der Waals surface area (Å²) in [4.78, 5) is 40.1. The standard InChI is InChI=1S/C21H17N3O3/c1-14(25)15-7-9-18(10-8-15)24-21(27)19-13-16(11-12-22-19)20(26)23-17-5-3-2-4-6-17/h2-13H,1H3,(H,23,26)(H,24,27). The number of carbonyl (C=O) groups excluding carboxylic acids is 3. The number of hydrogen-bond acceptors (Lipinski definition) is 4. The van der Waals surface area contributed by atoms with Gasteiger partial charge in [0.05, 0.1) is 0 Å². The molecule has 0 spiro atoms. The van der Waals surface area contributed by atoms with Crippen molar-refractivity contribution in [2.75, 3.05) is 10.6 Å². The average molecular weight is 359 g/mol. The summed E-state index contributed by atoms with van der Waals surface area (Å²) >= 11 is 0. The molecule has 2 amide bonds. The Bertz CT molecular complexity index is 983. The van der Waals surface area contributed by atoms with Gasteiger partial charge in [-0.05, 0) is 55.5 Å². The summed E-state index contributed by atoms with van der Waals surface area (Å²) in [6.07, 6.45) is 1.41. The molecule has 2 N–H and O–H groups in total. The molecular weight excluding hydrogens is 342 g/mol. The number of hydrogen-bond donors (Lipinski definition) is 2. The van der Waals surface area contributed by atoms with Crippen LogP contribution < -0.4 is 10.6 Å². The van der Waals surface area contributed by atoms with E-state index in [1.807, 2.05) is 18.2 Å². The van der Waals surface area contributed by atoms with E-state index in [1.54, 1.807) is 36.4 Å². The third-order valence-electron chi connectivity index (χ3n) is 3.84. The Hall–Kier alpha value is -3.80. The van der Waals surface area contributed by atoms with E-state index in [0.717, 1.165) is 0 Å². The van der Waals surface area contributed by atoms with Gasteiger partial charge in [-0.15, -0.1) is 0 Å². The molecule has 1 heterocycles. The lowest BCUT2D eigenvalue weighted by Crippen LogP contribution is -2.17. The van der Waals surface area contributed by atoms with Crippen molar-refractivity contribution in [2.24, 2.45) is 0 Å². The van der Waals surface area contributed by atoms with Crippen molar-refractivity contribution in [2.45, 2.75) is 6.92 Å². The molecule has 0 radical (unpaired) electrons. The van der Waals surface area contributed by atoms with Crippen molar-refractivity contribution < 1.29 is 14.4 Å². The highest BCUT2D eigenvalue weighted by molar-refractivity contribution is 6.08. The highest BCUT2D eigenvalue weighted by atomic mass is 16.2. The molecule has 6 heteroatoms. The van der Waals surface area contributed by atoms with E-state index < -0.39 is 5.91 Å². The van der Waals surface area contributed by atoms with Gasteiger partial charge in [0.25, 0.3) is 11.8 Å². The Kier molecular flexibility index (Phi) is 5.37. The monoisotopic (exact) mass is 359 g/mol. The van der Waals surface area contributed by atoms with Gasteiger partial charge in [0.15, 0.2) is 5.78 Å². The van der Waals surface area contributed by atoms with Crippen molar-refractivity contribution >= 4 is 29.0 Å². The van der Waals surface area contributed by atoms with Crippen LogP contribution in [-0.4, -0.2) is 22.6 Å². The van der Waals surface area contributed by atoms with E-state index >= 15 is 0 Å². The maximum atomic E-state index is 12.4. The number of carbonyl (C=O) groups is 3. The molecule has 0 aliphatic heterocycles. The molecule has 0 unspecified atom stereocenters. The second-order valence-corrected chi connectivity index (χ2v) is 5.84. The second-order valence-electron chi connectivity index (χ2n) is 5.84.